The van der Waals surface area contributed by atoms with Crippen molar-refractivity contribution in [3.63, 3.8) is 0 Å². The summed E-state index contributed by atoms with van der Waals surface area (Å²) in [4.78, 5) is 15.5. The largest absolute Gasteiger partial charge is 0.361 e. The van der Waals surface area contributed by atoms with Gasteiger partial charge in [-0.05, 0) is 54.8 Å². The van der Waals surface area contributed by atoms with Gasteiger partial charge in [0.2, 0.25) is 0 Å². The molecule has 5 rings (SSSR count). The fraction of sp³-hybridized carbons (Fsp3) is 0.259. The topological polar surface area (TPSA) is 46.3 Å². The van der Waals surface area contributed by atoms with E-state index in [1.54, 1.807) is 12.1 Å². The normalized spacial score (nSPS) is 14.1. The monoisotopic (exact) mass is 476 g/mol. The number of thiophene rings is 1. The zero-order valence-electron chi connectivity index (χ0n) is 18.3. The third-order valence-corrected chi connectivity index (χ3v) is 7.35. The van der Waals surface area contributed by atoms with Gasteiger partial charge in [0, 0.05) is 31.0 Å². The molecule has 0 spiro atoms. The van der Waals surface area contributed by atoms with Gasteiger partial charge in [-0.3, -0.25) is 9.69 Å². The van der Waals surface area contributed by atoms with Gasteiger partial charge in [0.05, 0.1) is 9.21 Å². The maximum atomic E-state index is 12.3. The Morgan fingerprint density at radius 2 is 1.61 bits per heavy atom. The number of halogens is 1. The van der Waals surface area contributed by atoms with E-state index in [-0.39, 0.29) is 5.78 Å². The van der Waals surface area contributed by atoms with Gasteiger partial charge in [0.25, 0.3) is 0 Å². The Morgan fingerprint density at radius 1 is 0.939 bits per heavy atom. The number of carbonyl (C=O) groups excluding carboxylic acids is 1. The summed E-state index contributed by atoms with van der Waals surface area (Å²) in [6, 6.07) is 22.7. The molecule has 0 amide bonds. The third kappa shape index (κ3) is 5.44. The average molecular weight is 477 g/mol. The molecule has 2 aromatic heterocycles. The van der Waals surface area contributed by atoms with Gasteiger partial charge in [-0.1, -0.05) is 65.3 Å². The van der Waals surface area contributed by atoms with E-state index < -0.39 is 0 Å². The first-order valence-electron chi connectivity index (χ1n) is 11.3. The highest BCUT2D eigenvalue weighted by Gasteiger charge is 2.13. The molecule has 1 saturated heterocycles. The van der Waals surface area contributed by atoms with E-state index in [0.717, 1.165) is 17.8 Å². The van der Waals surface area contributed by atoms with Crippen LogP contribution < -0.4 is 0 Å². The van der Waals surface area contributed by atoms with Crippen LogP contribution >= 0.6 is 22.9 Å². The molecule has 33 heavy (non-hydrogen) atoms. The molecule has 0 unspecified atom stereocenters. The Labute approximate surface area is 202 Å². The fourth-order valence-electron chi connectivity index (χ4n) is 4.23. The molecule has 4 aromatic rings. The molecule has 1 aliphatic heterocycles. The lowest BCUT2D eigenvalue weighted by atomic mass is 10.0. The summed E-state index contributed by atoms with van der Waals surface area (Å²) in [7, 11) is 0. The number of likely N-dealkylation sites (tertiary alicyclic amines) is 1. The van der Waals surface area contributed by atoms with Gasteiger partial charge < -0.3 is 4.52 Å². The van der Waals surface area contributed by atoms with Crippen LogP contribution in [0.25, 0.3) is 22.4 Å². The SMILES string of the molecule is O=C(CCc1cc(-c2ccc(-c3ccc(CN4CCCC4)cc3)cc2)no1)c1ccc(Cl)s1. The van der Waals surface area contributed by atoms with Crippen LogP contribution in [0.1, 0.15) is 40.3 Å². The number of aromatic nitrogens is 1. The van der Waals surface area contributed by atoms with Crippen LogP contribution in [0, 0.1) is 0 Å². The minimum absolute atomic E-state index is 0.0700. The van der Waals surface area contributed by atoms with Crippen molar-refractivity contribution in [1.29, 1.82) is 0 Å². The molecule has 168 valence electrons. The van der Waals surface area contributed by atoms with Crippen LogP contribution in [0.2, 0.25) is 4.34 Å². The van der Waals surface area contributed by atoms with E-state index in [1.165, 1.54) is 54.0 Å². The smallest absolute Gasteiger partial charge is 0.173 e. The van der Waals surface area contributed by atoms with Gasteiger partial charge in [-0.2, -0.15) is 0 Å². The van der Waals surface area contributed by atoms with Gasteiger partial charge in [-0.25, -0.2) is 0 Å². The van der Waals surface area contributed by atoms with E-state index in [2.05, 4.69) is 58.6 Å². The number of ketones is 1. The van der Waals surface area contributed by atoms with Gasteiger partial charge in [0.15, 0.2) is 5.78 Å². The van der Waals surface area contributed by atoms with Crippen LogP contribution in [-0.4, -0.2) is 28.9 Å². The number of Topliss-reactive ketones (excluding diaryl/α,β-unsaturated/α-hetero) is 1. The highest BCUT2D eigenvalue weighted by molar-refractivity contribution is 7.18. The Balaban J connectivity index is 1.20. The molecule has 4 nitrogen and oxygen atoms in total. The molecule has 0 atom stereocenters. The number of benzene rings is 2. The standard InChI is InChI=1S/C27H25ClN2O2S/c28-27-14-13-26(33-27)25(31)12-11-23-17-24(29-32-23)22-9-7-21(8-10-22)20-5-3-19(4-6-20)18-30-15-1-2-16-30/h3-10,13-14,17H,1-2,11-12,15-16,18H2. The first-order valence-corrected chi connectivity index (χ1v) is 12.5. The summed E-state index contributed by atoms with van der Waals surface area (Å²) in [5.74, 6) is 0.777. The number of nitrogens with zero attached hydrogens (tertiary/aromatic N) is 2. The second kappa shape index (κ2) is 10.0. The van der Waals surface area contributed by atoms with Crippen molar-refractivity contribution in [2.24, 2.45) is 0 Å². The van der Waals surface area contributed by atoms with Crippen molar-refractivity contribution in [1.82, 2.24) is 10.1 Å². The van der Waals surface area contributed by atoms with Crippen molar-refractivity contribution in [2.45, 2.75) is 32.2 Å². The van der Waals surface area contributed by atoms with E-state index in [0.29, 0.717) is 27.8 Å². The molecule has 0 radical (unpaired) electrons. The highest BCUT2D eigenvalue weighted by Crippen LogP contribution is 2.27. The molecule has 0 bridgehead atoms. The minimum Gasteiger partial charge on any atom is -0.361 e. The number of hydrogen-bond donors (Lipinski definition) is 0. The van der Waals surface area contributed by atoms with Crippen molar-refractivity contribution < 1.29 is 9.32 Å². The Morgan fingerprint density at radius 3 is 2.27 bits per heavy atom. The lowest BCUT2D eigenvalue weighted by Crippen LogP contribution is -2.18. The zero-order valence-corrected chi connectivity index (χ0v) is 19.9. The number of rotatable bonds is 8. The Kier molecular flexibility index (Phi) is 6.72. The second-order valence-electron chi connectivity index (χ2n) is 8.46. The number of hydrogen-bond acceptors (Lipinski definition) is 5. The van der Waals surface area contributed by atoms with Crippen molar-refractivity contribution in [3.8, 4) is 22.4 Å². The summed E-state index contributed by atoms with van der Waals surface area (Å²) in [5.41, 5.74) is 5.53. The Bertz CT molecular complexity index is 1220. The predicted molar refractivity (Wildman–Crippen MR) is 134 cm³/mol. The predicted octanol–water partition coefficient (Wildman–Crippen LogP) is 7.13. The summed E-state index contributed by atoms with van der Waals surface area (Å²) < 4.78 is 6.09. The second-order valence-corrected chi connectivity index (χ2v) is 10.2. The van der Waals surface area contributed by atoms with Crippen LogP contribution in [0.5, 0.6) is 0 Å². The first-order chi connectivity index (χ1) is 16.1. The van der Waals surface area contributed by atoms with E-state index in [1.807, 2.05) is 6.07 Å². The molecule has 3 heterocycles. The zero-order chi connectivity index (χ0) is 22.6. The molecule has 6 heteroatoms. The highest BCUT2D eigenvalue weighted by atomic mass is 35.5. The Hall–Kier alpha value is -2.73. The van der Waals surface area contributed by atoms with E-state index in [4.69, 9.17) is 16.1 Å². The summed E-state index contributed by atoms with van der Waals surface area (Å²) in [6.45, 7) is 3.47. The van der Waals surface area contributed by atoms with Crippen LogP contribution in [0.15, 0.2) is 71.3 Å². The first kappa shape index (κ1) is 22.1. The molecule has 0 saturated carbocycles. The number of aryl methyl sites for hydroxylation is 1. The molecule has 1 aliphatic rings. The van der Waals surface area contributed by atoms with Crippen molar-refractivity contribution in [2.75, 3.05) is 13.1 Å². The van der Waals surface area contributed by atoms with Gasteiger partial charge in [0.1, 0.15) is 11.5 Å². The van der Waals surface area contributed by atoms with Crippen molar-refractivity contribution in [3.05, 3.63) is 87.3 Å². The fourth-order valence-corrected chi connectivity index (χ4v) is 5.24. The molecule has 2 aromatic carbocycles. The molecular weight excluding hydrogens is 452 g/mol. The van der Waals surface area contributed by atoms with Crippen LogP contribution in [0.4, 0.5) is 0 Å². The summed E-state index contributed by atoms with van der Waals surface area (Å²) in [6.07, 6.45) is 3.53. The van der Waals surface area contributed by atoms with E-state index >= 15 is 0 Å². The quantitative estimate of drug-likeness (QED) is 0.254. The van der Waals surface area contributed by atoms with Gasteiger partial charge >= 0.3 is 0 Å². The maximum absolute atomic E-state index is 12.3. The van der Waals surface area contributed by atoms with E-state index in [9.17, 15) is 4.79 Å². The molecule has 0 aliphatic carbocycles. The molecular formula is C27H25ClN2O2S. The average Bonchev–Trinajstić information content (AvgIpc) is 3.61. The van der Waals surface area contributed by atoms with Gasteiger partial charge in [-0.15, -0.1) is 11.3 Å². The summed E-state index contributed by atoms with van der Waals surface area (Å²) in [5, 5.41) is 4.19. The lowest BCUT2D eigenvalue weighted by Gasteiger charge is -2.14. The van der Waals surface area contributed by atoms with Crippen LogP contribution in [0.3, 0.4) is 0 Å². The lowest BCUT2D eigenvalue weighted by molar-refractivity contribution is 0.0984. The summed E-state index contributed by atoms with van der Waals surface area (Å²) >= 11 is 7.22. The third-order valence-electron chi connectivity index (χ3n) is 6.08. The number of carbonyl (C=O) groups is 1. The molecule has 1 fully saturated rings. The maximum Gasteiger partial charge on any atom is 0.173 e. The van der Waals surface area contributed by atoms with Crippen molar-refractivity contribution >= 4 is 28.7 Å². The minimum atomic E-state index is 0.0700. The van der Waals surface area contributed by atoms with Crippen LogP contribution in [-0.2, 0) is 13.0 Å². The molecule has 0 N–H and O–H groups in total.